The van der Waals surface area contributed by atoms with E-state index in [-0.39, 0.29) is 16.4 Å². The van der Waals surface area contributed by atoms with Gasteiger partial charge in [0.25, 0.3) is 10.0 Å². The number of hydrogen-bond donors (Lipinski definition) is 2. The van der Waals surface area contributed by atoms with Gasteiger partial charge in [-0.05, 0) is 12.1 Å². The van der Waals surface area contributed by atoms with E-state index in [0.717, 1.165) is 0 Å². The number of hydrogen-bond acceptors (Lipinski definition) is 3. The standard InChI is InChI=1S/C7H7ClF2N2O2S/c8-4-2-1-3-5(11)6(4)12-15(13,14)7(9)10/h1-3,7,12H,11H2. The lowest BCUT2D eigenvalue weighted by Crippen LogP contribution is -2.21. The zero-order valence-electron chi connectivity index (χ0n) is 7.25. The number of sulfonamides is 1. The first-order valence-corrected chi connectivity index (χ1v) is 5.61. The van der Waals surface area contributed by atoms with Gasteiger partial charge in [-0.25, -0.2) is 8.42 Å². The van der Waals surface area contributed by atoms with Crippen LogP contribution < -0.4 is 10.5 Å². The highest BCUT2D eigenvalue weighted by molar-refractivity contribution is 7.93. The predicted octanol–water partition coefficient (Wildman–Crippen LogP) is 1.89. The van der Waals surface area contributed by atoms with Crippen LogP contribution in [0.15, 0.2) is 18.2 Å². The Morgan fingerprint density at radius 3 is 2.47 bits per heavy atom. The Morgan fingerprint density at radius 1 is 1.40 bits per heavy atom. The van der Waals surface area contributed by atoms with Crippen molar-refractivity contribution in [2.45, 2.75) is 5.76 Å². The van der Waals surface area contributed by atoms with E-state index >= 15 is 0 Å². The molecule has 0 saturated heterocycles. The third-order valence-corrected chi connectivity index (χ3v) is 2.80. The predicted molar refractivity (Wildman–Crippen MR) is 54.4 cm³/mol. The molecule has 0 fully saturated rings. The van der Waals surface area contributed by atoms with E-state index in [0.29, 0.717) is 0 Å². The maximum absolute atomic E-state index is 12.0. The van der Waals surface area contributed by atoms with Crippen LogP contribution in [0.3, 0.4) is 0 Å². The monoisotopic (exact) mass is 256 g/mol. The molecule has 0 aliphatic heterocycles. The van der Waals surface area contributed by atoms with Crippen molar-refractivity contribution in [3.8, 4) is 0 Å². The maximum Gasteiger partial charge on any atom is 0.355 e. The van der Waals surface area contributed by atoms with E-state index < -0.39 is 15.8 Å². The van der Waals surface area contributed by atoms with Crippen molar-refractivity contribution in [3.63, 3.8) is 0 Å². The summed E-state index contributed by atoms with van der Waals surface area (Å²) in [7, 11) is -4.74. The SMILES string of the molecule is Nc1cccc(Cl)c1NS(=O)(=O)C(F)F. The summed E-state index contributed by atoms with van der Waals surface area (Å²) in [6.45, 7) is 0. The van der Waals surface area contributed by atoms with Crippen LogP contribution in [0.1, 0.15) is 0 Å². The van der Waals surface area contributed by atoms with Crippen molar-refractivity contribution >= 4 is 33.0 Å². The van der Waals surface area contributed by atoms with E-state index in [4.69, 9.17) is 17.3 Å². The normalized spacial score (nSPS) is 11.7. The molecule has 0 unspecified atom stereocenters. The minimum absolute atomic E-state index is 0.0216. The van der Waals surface area contributed by atoms with Gasteiger partial charge in [-0.15, -0.1) is 0 Å². The summed E-state index contributed by atoms with van der Waals surface area (Å²) in [6.07, 6.45) is 0. The van der Waals surface area contributed by atoms with Gasteiger partial charge in [-0.3, -0.25) is 4.72 Å². The lowest BCUT2D eigenvalue weighted by atomic mass is 10.3. The number of halogens is 3. The molecule has 8 heteroatoms. The second kappa shape index (κ2) is 4.19. The molecular weight excluding hydrogens is 250 g/mol. The fraction of sp³-hybridized carbons (Fsp3) is 0.143. The van der Waals surface area contributed by atoms with Crippen LogP contribution in [0, 0.1) is 0 Å². The van der Waals surface area contributed by atoms with Crippen LogP contribution in [0.5, 0.6) is 0 Å². The van der Waals surface area contributed by atoms with Crippen LogP contribution in [0.25, 0.3) is 0 Å². The molecule has 1 rings (SSSR count). The average Bonchev–Trinajstić information content (AvgIpc) is 2.11. The minimum atomic E-state index is -4.74. The van der Waals surface area contributed by atoms with Crippen LogP contribution in [-0.2, 0) is 10.0 Å². The van der Waals surface area contributed by atoms with Gasteiger partial charge in [0.05, 0.1) is 16.4 Å². The van der Waals surface area contributed by atoms with Gasteiger partial charge in [-0.1, -0.05) is 17.7 Å². The average molecular weight is 257 g/mol. The number of nitrogen functional groups attached to an aromatic ring is 1. The molecule has 0 aliphatic carbocycles. The van der Waals surface area contributed by atoms with E-state index in [1.54, 1.807) is 4.72 Å². The molecule has 0 aromatic heterocycles. The zero-order valence-corrected chi connectivity index (χ0v) is 8.82. The number of alkyl halides is 2. The van der Waals surface area contributed by atoms with E-state index in [9.17, 15) is 17.2 Å². The van der Waals surface area contributed by atoms with Gasteiger partial charge < -0.3 is 5.73 Å². The second-order valence-electron chi connectivity index (χ2n) is 2.61. The summed E-state index contributed by atoms with van der Waals surface area (Å²) < 4.78 is 47.3. The smallest absolute Gasteiger partial charge is 0.355 e. The first-order chi connectivity index (χ1) is 6.84. The Morgan fingerprint density at radius 2 is 2.00 bits per heavy atom. The molecule has 0 atom stereocenters. The van der Waals surface area contributed by atoms with E-state index in [1.165, 1.54) is 18.2 Å². The highest BCUT2D eigenvalue weighted by atomic mass is 35.5. The van der Waals surface area contributed by atoms with Crippen LogP contribution in [-0.4, -0.2) is 14.2 Å². The molecule has 3 N–H and O–H groups in total. The maximum atomic E-state index is 12.0. The van der Waals surface area contributed by atoms with Crippen molar-refractivity contribution in [1.29, 1.82) is 0 Å². The lowest BCUT2D eigenvalue weighted by molar-refractivity contribution is 0.236. The van der Waals surface area contributed by atoms with E-state index in [1.807, 2.05) is 0 Å². The van der Waals surface area contributed by atoms with Crippen LogP contribution >= 0.6 is 11.6 Å². The number of nitrogens with two attached hydrogens (primary N) is 1. The molecule has 4 nitrogen and oxygen atoms in total. The summed E-state index contributed by atoms with van der Waals surface area (Å²) >= 11 is 5.59. The Hall–Kier alpha value is -1.08. The van der Waals surface area contributed by atoms with Gasteiger partial charge in [0, 0.05) is 0 Å². The highest BCUT2D eigenvalue weighted by Gasteiger charge is 2.25. The van der Waals surface area contributed by atoms with Crippen molar-refractivity contribution in [3.05, 3.63) is 23.2 Å². The number of benzene rings is 1. The number of para-hydroxylation sites is 1. The molecule has 84 valence electrons. The summed E-state index contributed by atoms with van der Waals surface area (Å²) in [5, 5.41) is -0.0424. The molecule has 15 heavy (non-hydrogen) atoms. The van der Waals surface area contributed by atoms with Gasteiger partial charge in [0.2, 0.25) is 0 Å². The topological polar surface area (TPSA) is 72.2 Å². The van der Waals surface area contributed by atoms with Crippen molar-refractivity contribution < 1.29 is 17.2 Å². The van der Waals surface area contributed by atoms with Gasteiger partial charge >= 0.3 is 5.76 Å². The summed E-state index contributed by atoms with van der Waals surface area (Å²) in [6, 6.07) is 4.15. The first-order valence-electron chi connectivity index (χ1n) is 3.68. The summed E-state index contributed by atoms with van der Waals surface area (Å²) in [5.41, 5.74) is 5.11. The van der Waals surface area contributed by atoms with Crippen molar-refractivity contribution in [1.82, 2.24) is 0 Å². The molecule has 1 aromatic carbocycles. The van der Waals surface area contributed by atoms with Crippen molar-refractivity contribution in [2.24, 2.45) is 0 Å². The van der Waals surface area contributed by atoms with Gasteiger partial charge in [0.1, 0.15) is 0 Å². The van der Waals surface area contributed by atoms with Crippen molar-refractivity contribution in [2.75, 3.05) is 10.5 Å². The minimum Gasteiger partial charge on any atom is -0.397 e. The number of rotatable bonds is 3. The molecule has 1 aromatic rings. The summed E-state index contributed by atoms with van der Waals surface area (Å²) in [5.74, 6) is -3.53. The molecule has 0 radical (unpaired) electrons. The zero-order chi connectivity index (χ0) is 11.6. The largest absolute Gasteiger partial charge is 0.397 e. The second-order valence-corrected chi connectivity index (χ2v) is 4.67. The molecule has 0 heterocycles. The molecule has 0 spiro atoms. The molecule has 0 amide bonds. The Balaban J connectivity index is 3.11. The number of nitrogens with one attached hydrogen (secondary N) is 1. The lowest BCUT2D eigenvalue weighted by Gasteiger charge is -2.10. The highest BCUT2D eigenvalue weighted by Crippen LogP contribution is 2.29. The fourth-order valence-electron chi connectivity index (χ4n) is 0.835. The first kappa shape index (κ1) is 12.0. The summed E-state index contributed by atoms with van der Waals surface area (Å²) in [4.78, 5) is 0. The van der Waals surface area contributed by atoms with Gasteiger partial charge in [-0.2, -0.15) is 8.78 Å². The van der Waals surface area contributed by atoms with Gasteiger partial charge in [0.15, 0.2) is 0 Å². The van der Waals surface area contributed by atoms with E-state index in [2.05, 4.69) is 0 Å². The molecular formula is C7H7ClF2N2O2S. The fourth-order valence-corrected chi connectivity index (χ4v) is 1.72. The molecule has 0 bridgehead atoms. The van der Waals surface area contributed by atoms with Crippen LogP contribution in [0.4, 0.5) is 20.2 Å². The Bertz CT molecular complexity index is 444. The number of anilines is 2. The Kier molecular flexibility index (Phi) is 3.35. The third-order valence-electron chi connectivity index (χ3n) is 1.52. The quantitative estimate of drug-likeness (QED) is 0.811. The third kappa shape index (κ3) is 2.69. The molecule has 0 saturated carbocycles. The van der Waals surface area contributed by atoms with Crippen LogP contribution in [0.2, 0.25) is 5.02 Å². The Labute approximate surface area is 90.1 Å². The molecule has 0 aliphatic rings.